The number of anilines is 1. The van der Waals surface area contributed by atoms with Gasteiger partial charge in [-0.05, 0) is 55.3 Å². The molecule has 4 nitrogen and oxygen atoms in total. The summed E-state index contributed by atoms with van der Waals surface area (Å²) < 4.78 is 26.8. The number of phenols is 1. The maximum absolute atomic E-state index is 12.2. The van der Waals surface area contributed by atoms with E-state index in [4.69, 9.17) is 0 Å². The first-order valence-corrected chi connectivity index (χ1v) is 7.26. The quantitative estimate of drug-likeness (QED) is 0.848. The van der Waals surface area contributed by atoms with Crippen LogP contribution in [0, 0.1) is 13.8 Å². The highest BCUT2D eigenvalue weighted by molar-refractivity contribution is 7.92. The lowest BCUT2D eigenvalue weighted by atomic mass is 10.2. The van der Waals surface area contributed by atoms with Crippen molar-refractivity contribution >= 4 is 15.7 Å². The molecule has 100 valence electrons. The standard InChI is InChI=1S/C14H15NO3S/c1-10-4-3-5-13(8-10)19(17,18)15-12-6-7-14(16)11(2)9-12/h3-9,15-16H,1-2H3. The lowest BCUT2D eigenvalue weighted by Gasteiger charge is -2.09. The van der Waals surface area contributed by atoms with Crippen LogP contribution in [0.3, 0.4) is 0 Å². The molecule has 5 heteroatoms. The molecule has 0 aliphatic carbocycles. The van der Waals surface area contributed by atoms with Crippen molar-refractivity contribution in [3.05, 3.63) is 53.6 Å². The average Bonchev–Trinajstić information content (AvgIpc) is 2.33. The van der Waals surface area contributed by atoms with Crippen molar-refractivity contribution in [2.24, 2.45) is 0 Å². The van der Waals surface area contributed by atoms with E-state index in [0.29, 0.717) is 11.3 Å². The molecule has 0 amide bonds. The van der Waals surface area contributed by atoms with Crippen molar-refractivity contribution < 1.29 is 13.5 Å². The summed E-state index contributed by atoms with van der Waals surface area (Å²) in [5.74, 6) is 0.138. The molecule has 0 saturated heterocycles. The normalized spacial score (nSPS) is 11.3. The van der Waals surface area contributed by atoms with Gasteiger partial charge in [-0.3, -0.25) is 4.72 Å². The summed E-state index contributed by atoms with van der Waals surface area (Å²) >= 11 is 0. The Balaban J connectivity index is 2.33. The summed E-state index contributed by atoms with van der Waals surface area (Å²) in [7, 11) is -3.60. The Morgan fingerprint density at radius 1 is 1.05 bits per heavy atom. The zero-order chi connectivity index (χ0) is 14.0. The smallest absolute Gasteiger partial charge is 0.261 e. The molecule has 0 aromatic heterocycles. The Morgan fingerprint density at radius 3 is 2.42 bits per heavy atom. The molecule has 0 atom stereocenters. The number of nitrogens with one attached hydrogen (secondary N) is 1. The van der Waals surface area contributed by atoms with E-state index in [2.05, 4.69) is 4.72 Å². The molecular formula is C14H15NO3S. The van der Waals surface area contributed by atoms with Crippen LogP contribution in [0.1, 0.15) is 11.1 Å². The predicted molar refractivity (Wildman–Crippen MR) is 74.8 cm³/mol. The summed E-state index contributed by atoms with van der Waals surface area (Å²) in [6.07, 6.45) is 0. The van der Waals surface area contributed by atoms with Gasteiger partial charge in [-0.1, -0.05) is 12.1 Å². The Morgan fingerprint density at radius 2 is 1.79 bits per heavy atom. The molecule has 2 aromatic carbocycles. The third-order valence-corrected chi connectivity index (χ3v) is 4.13. The molecule has 0 fully saturated rings. The molecule has 2 N–H and O–H groups in total. The number of hydrogen-bond acceptors (Lipinski definition) is 3. The van der Waals surface area contributed by atoms with Gasteiger partial charge in [0.25, 0.3) is 10.0 Å². The van der Waals surface area contributed by atoms with Crippen LogP contribution >= 0.6 is 0 Å². The van der Waals surface area contributed by atoms with E-state index in [9.17, 15) is 13.5 Å². The highest BCUT2D eigenvalue weighted by Crippen LogP contribution is 2.22. The molecule has 0 saturated carbocycles. The second-order valence-corrected chi connectivity index (χ2v) is 6.11. The van der Waals surface area contributed by atoms with Crippen molar-refractivity contribution in [3.63, 3.8) is 0 Å². The number of aromatic hydroxyl groups is 1. The van der Waals surface area contributed by atoms with Gasteiger partial charge in [-0.15, -0.1) is 0 Å². The minimum Gasteiger partial charge on any atom is -0.508 e. The van der Waals surface area contributed by atoms with Crippen molar-refractivity contribution in [1.82, 2.24) is 0 Å². The number of rotatable bonds is 3. The maximum Gasteiger partial charge on any atom is 0.261 e. The molecular weight excluding hydrogens is 262 g/mol. The molecule has 0 spiro atoms. The van der Waals surface area contributed by atoms with E-state index < -0.39 is 10.0 Å². The zero-order valence-corrected chi connectivity index (χ0v) is 11.5. The minimum absolute atomic E-state index is 0.138. The van der Waals surface area contributed by atoms with E-state index in [0.717, 1.165) is 5.56 Å². The van der Waals surface area contributed by atoms with E-state index in [1.165, 1.54) is 12.1 Å². The van der Waals surface area contributed by atoms with E-state index >= 15 is 0 Å². The third kappa shape index (κ3) is 3.06. The summed E-state index contributed by atoms with van der Waals surface area (Å²) in [6, 6.07) is 11.3. The lowest BCUT2D eigenvalue weighted by Crippen LogP contribution is -2.13. The second kappa shape index (κ2) is 4.93. The van der Waals surface area contributed by atoms with Crippen molar-refractivity contribution in [1.29, 1.82) is 0 Å². The van der Waals surface area contributed by atoms with Crippen LogP contribution < -0.4 is 4.72 Å². The number of hydrogen-bond donors (Lipinski definition) is 2. The fraction of sp³-hybridized carbons (Fsp3) is 0.143. The summed E-state index contributed by atoms with van der Waals surface area (Å²) in [4.78, 5) is 0.221. The first-order valence-electron chi connectivity index (χ1n) is 5.77. The van der Waals surface area contributed by atoms with Gasteiger partial charge in [0.2, 0.25) is 0 Å². The van der Waals surface area contributed by atoms with Gasteiger partial charge in [0.15, 0.2) is 0 Å². The molecule has 0 aliphatic rings. The highest BCUT2D eigenvalue weighted by atomic mass is 32.2. The zero-order valence-electron chi connectivity index (χ0n) is 10.7. The SMILES string of the molecule is Cc1cccc(S(=O)(=O)Nc2ccc(O)c(C)c2)c1. The summed E-state index contributed by atoms with van der Waals surface area (Å²) in [6.45, 7) is 3.55. The molecule has 2 rings (SSSR count). The molecule has 0 unspecified atom stereocenters. The van der Waals surface area contributed by atoms with Crippen LogP contribution in [0.25, 0.3) is 0 Å². The van der Waals surface area contributed by atoms with Crippen molar-refractivity contribution in [3.8, 4) is 5.75 Å². The van der Waals surface area contributed by atoms with Crippen LogP contribution in [-0.4, -0.2) is 13.5 Å². The van der Waals surface area contributed by atoms with Crippen molar-refractivity contribution in [2.75, 3.05) is 4.72 Å². The monoisotopic (exact) mass is 277 g/mol. The third-order valence-electron chi connectivity index (χ3n) is 2.75. The van der Waals surface area contributed by atoms with Gasteiger partial charge >= 0.3 is 0 Å². The van der Waals surface area contributed by atoms with E-state index in [1.54, 1.807) is 31.2 Å². The van der Waals surface area contributed by atoms with Crippen molar-refractivity contribution in [2.45, 2.75) is 18.7 Å². The average molecular weight is 277 g/mol. The number of sulfonamides is 1. The minimum atomic E-state index is -3.60. The van der Waals surface area contributed by atoms with Gasteiger partial charge in [0, 0.05) is 5.69 Å². The lowest BCUT2D eigenvalue weighted by molar-refractivity contribution is 0.471. The van der Waals surface area contributed by atoms with Crippen LogP contribution in [0.2, 0.25) is 0 Å². The number of aryl methyl sites for hydroxylation is 2. The Hall–Kier alpha value is -2.01. The van der Waals surface area contributed by atoms with Crippen LogP contribution in [0.15, 0.2) is 47.4 Å². The number of benzene rings is 2. The Bertz CT molecular complexity index is 708. The van der Waals surface area contributed by atoms with Gasteiger partial charge in [-0.2, -0.15) is 0 Å². The molecule has 0 bridgehead atoms. The van der Waals surface area contributed by atoms with E-state index in [-0.39, 0.29) is 10.6 Å². The predicted octanol–water partition coefficient (Wildman–Crippen LogP) is 2.81. The van der Waals surface area contributed by atoms with E-state index in [1.807, 2.05) is 13.0 Å². The highest BCUT2D eigenvalue weighted by Gasteiger charge is 2.14. The molecule has 19 heavy (non-hydrogen) atoms. The summed E-state index contributed by atoms with van der Waals surface area (Å²) in [5.41, 5.74) is 1.92. The Kier molecular flexibility index (Phi) is 3.48. The number of phenolic OH excluding ortho intramolecular Hbond substituents is 1. The van der Waals surface area contributed by atoms with Crippen LogP contribution in [-0.2, 0) is 10.0 Å². The van der Waals surface area contributed by atoms with Gasteiger partial charge in [0.1, 0.15) is 5.75 Å². The van der Waals surface area contributed by atoms with Gasteiger partial charge in [0.05, 0.1) is 4.90 Å². The molecule has 0 aliphatic heterocycles. The first-order chi connectivity index (χ1) is 8.88. The molecule has 0 heterocycles. The molecule has 2 aromatic rings. The maximum atomic E-state index is 12.2. The summed E-state index contributed by atoms with van der Waals surface area (Å²) in [5, 5.41) is 9.42. The largest absolute Gasteiger partial charge is 0.508 e. The van der Waals surface area contributed by atoms with Gasteiger partial charge in [-0.25, -0.2) is 8.42 Å². The fourth-order valence-corrected chi connectivity index (χ4v) is 2.87. The fourth-order valence-electron chi connectivity index (χ4n) is 1.72. The van der Waals surface area contributed by atoms with Gasteiger partial charge < -0.3 is 5.11 Å². The second-order valence-electron chi connectivity index (χ2n) is 4.42. The van der Waals surface area contributed by atoms with Crippen LogP contribution in [0.5, 0.6) is 5.75 Å². The van der Waals surface area contributed by atoms with Crippen LogP contribution in [0.4, 0.5) is 5.69 Å². The molecule has 0 radical (unpaired) electrons. The first kappa shape index (κ1) is 13.4. The topological polar surface area (TPSA) is 66.4 Å². The Labute approximate surface area is 112 Å².